The van der Waals surface area contributed by atoms with E-state index in [1.54, 1.807) is 0 Å². The molecule has 0 N–H and O–H groups in total. The number of rotatable bonds is 0. The van der Waals surface area contributed by atoms with E-state index >= 15 is 0 Å². The van der Waals surface area contributed by atoms with Crippen LogP contribution in [0.2, 0.25) is 0 Å². The number of hydrogen-bond donors (Lipinski definition) is 0. The molecule has 38 valence electrons. The second kappa shape index (κ2) is 6.09. The predicted octanol–water partition coefficient (Wildman–Crippen LogP) is 1.28. The highest BCUT2D eigenvalue weighted by atomic mass is 79.9. The maximum atomic E-state index is 10.9. The molecule has 0 aliphatic carbocycles. The zero-order chi connectivity index (χ0) is 6.24. The number of hydrogen-bond acceptors (Lipinski definition) is 0. The average Bonchev–Trinajstić information content (AvgIpc) is 1.81. The van der Waals surface area contributed by atoms with Crippen molar-refractivity contribution >= 4 is 15.9 Å². The predicted molar refractivity (Wildman–Crippen MR) is 33.4 cm³/mol. The Balaban J connectivity index is 3.75. The summed E-state index contributed by atoms with van der Waals surface area (Å²) in [6.45, 7) is 0. The van der Waals surface area contributed by atoms with Crippen LogP contribution < -0.4 is 0 Å². The van der Waals surface area contributed by atoms with Crippen LogP contribution in [0.3, 0.4) is 0 Å². The normalized spacial score (nSPS) is 3.75. The standard InChI is InChI=1S/C6BrF/c7-5-3-1-2-4-6-8. The Bertz CT molecular complexity index is 198. The highest BCUT2D eigenvalue weighted by molar-refractivity contribution is 9.12. The third-order valence-electron chi connectivity index (χ3n) is 0.282. The molecule has 0 aromatic carbocycles. The van der Waals surface area contributed by atoms with Crippen molar-refractivity contribution in [3.05, 3.63) is 0 Å². The van der Waals surface area contributed by atoms with Crippen LogP contribution in [-0.2, 0) is 0 Å². The molecule has 0 fully saturated rings. The van der Waals surface area contributed by atoms with Crippen LogP contribution in [0.25, 0.3) is 0 Å². The van der Waals surface area contributed by atoms with Crippen LogP contribution in [0.15, 0.2) is 0 Å². The third kappa shape index (κ3) is 5.09. The van der Waals surface area contributed by atoms with E-state index in [-0.39, 0.29) is 0 Å². The minimum atomic E-state index is 1.12. The van der Waals surface area contributed by atoms with E-state index in [9.17, 15) is 4.39 Å². The fraction of sp³-hybridized carbons (Fsp3) is 0. The van der Waals surface area contributed by atoms with Crippen LogP contribution in [0.4, 0.5) is 4.39 Å². The van der Waals surface area contributed by atoms with Crippen molar-refractivity contribution in [3.8, 4) is 34.7 Å². The van der Waals surface area contributed by atoms with Gasteiger partial charge in [-0.15, -0.1) is 4.39 Å². The van der Waals surface area contributed by atoms with Crippen molar-refractivity contribution < 1.29 is 4.39 Å². The van der Waals surface area contributed by atoms with E-state index in [1.165, 1.54) is 0 Å². The lowest BCUT2D eigenvalue weighted by atomic mass is 10.6. The van der Waals surface area contributed by atoms with Gasteiger partial charge >= 0.3 is 0 Å². The molecule has 0 aliphatic rings. The van der Waals surface area contributed by atoms with E-state index in [1.807, 2.05) is 5.92 Å². The molecule has 8 heavy (non-hydrogen) atoms. The first-order chi connectivity index (χ1) is 3.91. The van der Waals surface area contributed by atoms with Gasteiger partial charge < -0.3 is 0 Å². The summed E-state index contributed by atoms with van der Waals surface area (Å²) in [4.78, 5) is 2.33. The molecule has 0 amide bonds. The lowest BCUT2D eigenvalue weighted by Gasteiger charge is -1.49. The average molecular weight is 171 g/mol. The molecule has 0 heterocycles. The van der Waals surface area contributed by atoms with Crippen LogP contribution in [0, 0.1) is 34.7 Å². The maximum Gasteiger partial charge on any atom is 0.119 e. The van der Waals surface area contributed by atoms with Crippen LogP contribution in [-0.4, -0.2) is 0 Å². The molecule has 0 atom stereocenters. The Morgan fingerprint density at radius 1 is 1.00 bits per heavy atom. The van der Waals surface area contributed by atoms with Gasteiger partial charge in [-0.2, -0.15) is 0 Å². The van der Waals surface area contributed by atoms with Crippen molar-refractivity contribution in [2.45, 2.75) is 0 Å². The summed E-state index contributed by atoms with van der Waals surface area (Å²) in [6, 6.07) is 0. The molecule has 0 aromatic rings. The summed E-state index contributed by atoms with van der Waals surface area (Å²) in [5.41, 5.74) is 0. The molecule has 0 spiro atoms. The first-order valence-corrected chi connectivity index (χ1v) is 2.42. The van der Waals surface area contributed by atoms with Crippen molar-refractivity contribution in [2.75, 3.05) is 0 Å². The summed E-state index contributed by atoms with van der Waals surface area (Å²) >= 11 is 2.80. The quantitative estimate of drug-likeness (QED) is 0.481. The zero-order valence-electron chi connectivity index (χ0n) is 3.76. The van der Waals surface area contributed by atoms with Gasteiger partial charge in [0.2, 0.25) is 0 Å². The van der Waals surface area contributed by atoms with Gasteiger partial charge in [-0.25, -0.2) is 0 Å². The van der Waals surface area contributed by atoms with Crippen molar-refractivity contribution in [3.63, 3.8) is 0 Å². The summed E-state index contributed by atoms with van der Waals surface area (Å²) in [7, 11) is 0. The number of halogens is 2. The fourth-order valence-corrected chi connectivity index (χ4v) is 0.209. The first-order valence-electron chi connectivity index (χ1n) is 1.63. The Morgan fingerprint density at radius 2 is 1.62 bits per heavy atom. The largest absolute Gasteiger partial charge is 0.143 e. The molecular formula is C6BrF. The van der Waals surface area contributed by atoms with Crippen LogP contribution in [0.1, 0.15) is 0 Å². The van der Waals surface area contributed by atoms with E-state index in [0.717, 1.165) is 6.17 Å². The van der Waals surface area contributed by atoms with Gasteiger partial charge in [0.15, 0.2) is 0 Å². The minimum absolute atomic E-state index is 1.12. The van der Waals surface area contributed by atoms with E-state index < -0.39 is 0 Å². The lowest BCUT2D eigenvalue weighted by molar-refractivity contribution is 0.774. The Hall–Kier alpha value is -0.910. The highest BCUT2D eigenvalue weighted by Gasteiger charge is 1.51. The molecule has 0 radical (unpaired) electrons. The highest BCUT2D eigenvalue weighted by Crippen LogP contribution is 1.65. The van der Waals surface area contributed by atoms with Gasteiger partial charge in [-0.05, 0) is 16.7 Å². The molecule has 0 nitrogen and oxygen atoms in total. The molecule has 0 bridgehead atoms. The molecule has 0 saturated heterocycles. The maximum absolute atomic E-state index is 10.9. The van der Waals surface area contributed by atoms with Crippen LogP contribution in [0.5, 0.6) is 0 Å². The van der Waals surface area contributed by atoms with Crippen LogP contribution >= 0.6 is 15.9 Å². The van der Waals surface area contributed by atoms with Crippen molar-refractivity contribution in [1.29, 1.82) is 0 Å². The summed E-state index contributed by atoms with van der Waals surface area (Å²) in [5.74, 6) is 8.61. The zero-order valence-corrected chi connectivity index (χ0v) is 5.34. The van der Waals surface area contributed by atoms with E-state index in [2.05, 4.69) is 38.5 Å². The fourth-order valence-electron chi connectivity index (χ4n) is 0.110. The first kappa shape index (κ1) is 7.09. The lowest BCUT2D eigenvalue weighted by Crippen LogP contribution is -1.46. The molecule has 2 heteroatoms. The smallest absolute Gasteiger partial charge is 0.119 e. The molecular weight excluding hydrogens is 171 g/mol. The van der Waals surface area contributed by atoms with Crippen molar-refractivity contribution in [1.82, 2.24) is 0 Å². The Kier molecular flexibility index (Phi) is 5.40. The Labute approximate surface area is 55.6 Å². The molecule has 0 aliphatic heterocycles. The SMILES string of the molecule is FC#CC#CC#CBr. The van der Waals surface area contributed by atoms with E-state index in [0.29, 0.717) is 0 Å². The third-order valence-corrected chi connectivity index (χ3v) is 0.480. The second-order valence-electron chi connectivity index (χ2n) is 0.689. The monoisotopic (exact) mass is 170 g/mol. The topological polar surface area (TPSA) is 0 Å². The van der Waals surface area contributed by atoms with Gasteiger partial charge in [-0.3, -0.25) is 0 Å². The van der Waals surface area contributed by atoms with Gasteiger partial charge in [0.1, 0.15) is 6.17 Å². The van der Waals surface area contributed by atoms with E-state index in [4.69, 9.17) is 0 Å². The molecule has 0 rings (SSSR count). The molecule has 0 unspecified atom stereocenters. The molecule has 0 aromatic heterocycles. The van der Waals surface area contributed by atoms with Gasteiger partial charge in [0.25, 0.3) is 0 Å². The van der Waals surface area contributed by atoms with Gasteiger partial charge in [-0.1, -0.05) is 0 Å². The minimum Gasteiger partial charge on any atom is -0.143 e. The summed E-state index contributed by atoms with van der Waals surface area (Å²) < 4.78 is 10.9. The summed E-state index contributed by atoms with van der Waals surface area (Å²) in [6.07, 6.45) is 1.12. The van der Waals surface area contributed by atoms with Gasteiger partial charge in [0, 0.05) is 27.8 Å². The summed E-state index contributed by atoms with van der Waals surface area (Å²) in [5, 5.41) is 0. The molecule has 0 saturated carbocycles. The van der Waals surface area contributed by atoms with Gasteiger partial charge in [0.05, 0.1) is 0 Å². The Morgan fingerprint density at radius 3 is 2.12 bits per heavy atom. The van der Waals surface area contributed by atoms with Crippen molar-refractivity contribution in [2.24, 2.45) is 0 Å². The second-order valence-corrected chi connectivity index (χ2v) is 1.09.